The van der Waals surface area contributed by atoms with Crippen molar-refractivity contribution in [3.63, 3.8) is 0 Å². The van der Waals surface area contributed by atoms with E-state index in [9.17, 15) is 9.46 Å². The van der Waals surface area contributed by atoms with Crippen molar-refractivity contribution in [3.8, 4) is 0 Å². The molecule has 0 spiro atoms. The van der Waals surface area contributed by atoms with Gasteiger partial charge in [-0.05, 0) is 60.2 Å². The van der Waals surface area contributed by atoms with E-state index in [4.69, 9.17) is 14.0 Å². The molecule has 0 fully saturated rings. The largest absolute Gasteiger partial charge is 0.379 e. The summed E-state index contributed by atoms with van der Waals surface area (Å²) in [5.41, 5.74) is 0. The van der Waals surface area contributed by atoms with E-state index < -0.39 is 13.7 Å². The minimum Gasteiger partial charge on any atom is -0.379 e. The predicted octanol–water partition coefficient (Wildman–Crippen LogP) is 14.2. The molecule has 7 heteroatoms. The molecule has 0 bridgehead atoms. The number of rotatable bonds is 39. The fourth-order valence-corrected chi connectivity index (χ4v) is 8.93. The van der Waals surface area contributed by atoms with E-state index in [1.165, 1.54) is 116 Å². The van der Waals surface area contributed by atoms with Crippen LogP contribution >= 0.6 is 7.60 Å². The number of quaternary nitrogens is 1. The highest BCUT2D eigenvalue weighted by Crippen LogP contribution is 2.43. The van der Waals surface area contributed by atoms with Crippen molar-refractivity contribution in [2.45, 2.75) is 204 Å². The van der Waals surface area contributed by atoms with Crippen LogP contribution < -0.4 is 0 Å². The second kappa shape index (κ2) is 32.8. The lowest BCUT2D eigenvalue weighted by Crippen LogP contribution is -2.37. The van der Waals surface area contributed by atoms with E-state index in [1.54, 1.807) is 0 Å². The molecule has 0 aliphatic carbocycles. The van der Waals surface area contributed by atoms with Crippen LogP contribution in [0.4, 0.5) is 0 Å². The van der Waals surface area contributed by atoms with Gasteiger partial charge in [-0.15, -0.1) is 0 Å². The molecule has 6 nitrogen and oxygen atoms in total. The summed E-state index contributed by atoms with van der Waals surface area (Å²) in [6, 6.07) is 0. The molecule has 0 aliphatic heterocycles. The second-order valence-electron chi connectivity index (χ2n) is 20.8. The minimum atomic E-state index is -3.78. The van der Waals surface area contributed by atoms with Gasteiger partial charge in [-0.3, -0.25) is 4.57 Å². The highest BCUT2D eigenvalue weighted by molar-refractivity contribution is 7.52. The summed E-state index contributed by atoms with van der Waals surface area (Å²) < 4.78 is 31.7. The standard InChI is InChI=1S/C48H100NO5P/c1-40(2)20-14-22-42(5)24-16-26-44(7)28-18-30-46(9)32-35-52-38-48(39-55(50,51)54-37-34-49(11,12)13)53-36-33-47(10)31-19-29-45(8)27-17-25-43(6)23-15-21-41(3)4/h40-48H,14-39H2,1-13H3/p+1/t42-,43-,44-,45-,46-,47-,48+/m1/s1. The average Bonchev–Trinajstić information content (AvgIpc) is 3.05. The molecule has 0 aromatic rings. The van der Waals surface area contributed by atoms with E-state index in [1.807, 2.05) is 0 Å². The summed E-state index contributed by atoms with van der Waals surface area (Å²) in [4.78, 5) is 10.7. The summed E-state index contributed by atoms with van der Waals surface area (Å²) in [6.45, 7) is 26.2. The van der Waals surface area contributed by atoms with Crippen molar-refractivity contribution < 1.29 is 27.9 Å². The van der Waals surface area contributed by atoms with Gasteiger partial charge in [-0.25, -0.2) is 0 Å². The highest BCUT2D eigenvalue weighted by Gasteiger charge is 2.27. The first-order valence-electron chi connectivity index (χ1n) is 23.7. The molecule has 0 aliphatic rings. The first-order valence-corrected chi connectivity index (χ1v) is 25.5. The molecule has 8 atom stereocenters. The molecule has 1 unspecified atom stereocenters. The molecule has 0 aromatic heterocycles. The molecule has 55 heavy (non-hydrogen) atoms. The smallest absolute Gasteiger partial charge is 0.331 e. The van der Waals surface area contributed by atoms with Crippen LogP contribution in [0.5, 0.6) is 0 Å². The summed E-state index contributed by atoms with van der Waals surface area (Å²) in [5.74, 6) is 6.17. The van der Waals surface area contributed by atoms with Crippen LogP contribution in [0.3, 0.4) is 0 Å². The Morgan fingerprint density at radius 3 is 1.15 bits per heavy atom. The molecule has 0 radical (unpaired) electrons. The van der Waals surface area contributed by atoms with Crippen LogP contribution in [0.1, 0.15) is 198 Å². The van der Waals surface area contributed by atoms with Crippen molar-refractivity contribution in [3.05, 3.63) is 0 Å². The van der Waals surface area contributed by atoms with Gasteiger partial charge >= 0.3 is 7.60 Å². The Hall–Kier alpha value is 0.0300. The third-order valence-electron chi connectivity index (χ3n) is 12.0. The van der Waals surface area contributed by atoms with Crippen molar-refractivity contribution in [2.75, 3.05) is 60.3 Å². The summed E-state index contributed by atoms with van der Waals surface area (Å²) in [5, 5.41) is 0. The zero-order chi connectivity index (χ0) is 41.7. The first-order chi connectivity index (χ1) is 25.8. The number of hydrogen-bond acceptors (Lipinski definition) is 4. The lowest BCUT2D eigenvalue weighted by Gasteiger charge is -2.25. The fourth-order valence-electron chi connectivity index (χ4n) is 7.73. The van der Waals surface area contributed by atoms with Gasteiger partial charge in [-0.1, -0.05) is 185 Å². The van der Waals surface area contributed by atoms with Gasteiger partial charge in [0.05, 0.1) is 40.0 Å². The average molecular weight is 803 g/mol. The Morgan fingerprint density at radius 2 is 0.800 bits per heavy atom. The third kappa shape index (κ3) is 38.0. The molecular formula is C48H101NO5P+. The van der Waals surface area contributed by atoms with Crippen LogP contribution in [0, 0.1) is 47.3 Å². The van der Waals surface area contributed by atoms with Crippen LogP contribution in [0.2, 0.25) is 0 Å². The van der Waals surface area contributed by atoms with Crippen molar-refractivity contribution in [2.24, 2.45) is 47.3 Å². The van der Waals surface area contributed by atoms with Gasteiger partial charge in [0, 0.05) is 13.2 Å². The van der Waals surface area contributed by atoms with E-state index in [0.717, 1.165) is 48.3 Å². The molecule has 0 saturated carbocycles. The van der Waals surface area contributed by atoms with Crippen molar-refractivity contribution >= 4 is 7.60 Å². The van der Waals surface area contributed by atoms with Crippen LogP contribution in [-0.4, -0.2) is 75.8 Å². The van der Waals surface area contributed by atoms with Gasteiger partial charge in [0.1, 0.15) is 13.2 Å². The van der Waals surface area contributed by atoms with E-state index in [2.05, 4.69) is 90.4 Å². The lowest BCUT2D eigenvalue weighted by molar-refractivity contribution is -0.870. The maximum absolute atomic E-state index is 13.1. The molecule has 0 saturated heterocycles. The van der Waals surface area contributed by atoms with Gasteiger partial charge in [0.25, 0.3) is 0 Å². The number of nitrogens with zero attached hydrogens (tertiary/aromatic N) is 1. The normalized spacial score (nSPS) is 17.6. The molecule has 0 aromatic carbocycles. The second-order valence-corrected chi connectivity index (χ2v) is 22.7. The molecule has 0 rings (SSSR count). The molecular weight excluding hydrogens is 702 g/mol. The first kappa shape index (κ1) is 55.0. The van der Waals surface area contributed by atoms with Crippen LogP contribution in [-0.2, 0) is 18.6 Å². The van der Waals surface area contributed by atoms with Gasteiger partial charge in [0.15, 0.2) is 0 Å². The van der Waals surface area contributed by atoms with Crippen molar-refractivity contribution in [1.82, 2.24) is 0 Å². The van der Waals surface area contributed by atoms with E-state index in [0.29, 0.717) is 42.7 Å². The van der Waals surface area contributed by atoms with E-state index >= 15 is 0 Å². The van der Waals surface area contributed by atoms with Gasteiger partial charge in [-0.2, -0.15) is 0 Å². The number of ether oxygens (including phenoxy) is 2. The Bertz CT molecular complexity index is 907. The Balaban J connectivity index is 4.53. The maximum Gasteiger partial charge on any atom is 0.331 e. The zero-order valence-corrected chi connectivity index (χ0v) is 40.4. The van der Waals surface area contributed by atoms with Gasteiger partial charge < -0.3 is 23.4 Å². The topological polar surface area (TPSA) is 65.0 Å². The van der Waals surface area contributed by atoms with E-state index in [-0.39, 0.29) is 12.8 Å². The Morgan fingerprint density at radius 1 is 0.473 bits per heavy atom. The van der Waals surface area contributed by atoms with Crippen LogP contribution in [0.25, 0.3) is 0 Å². The Kier molecular flexibility index (Phi) is 32.8. The quantitative estimate of drug-likeness (QED) is 0.0381. The maximum atomic E-state index is 13.1. The summed E-state index contributed by atoms with van der Waals surface area (Å²) >= 11 is 0. The number of likely N-dealkylation sites (N-methyl/N-ethyl adjacent to an activating group) is 1. The van der Waals surface area contributed by atoms with Crippen molar-refractivity contribution in [1.29, 1.82) is 0 Å². The Labute approximate surface area is 345 Å². The summed E-state index contributed by atoms with van der Waals surface area (Å²) in [7, 11) is 2.40. The predicted molar refractivity (Wildman–Crippen MR) is 241 cm³/mol. The lowest BCUT2D eigenvalue weighted by atomic mass is 9.91. The molecule has 0 heterocycles. The zero-order valence-electron chi connectivity index (χ0n) is 39.6. The summed E-state index contributed by atoms with van der Waals surface area (Å²) in [6.07, 6.45) is 25.6. The molecule has 1 N–H and O–H groups in total. The van der Waals surface area contributed by atoms with Crippen LogP contribution in [0.15, 0.2) is 0 Å². The SMILES string of the molecule is CC(C)CCC[C@@H](C)CCC[C@@H](C)CCC[C@@H](C)CCOC[C@@H](CP(=O)(O)OCC[N+](C)(C)C)OCC[C@H](C)CCC[C@H](C)CCC[C@H](C)CCCC(C)C. The fraction of sp³-hybridized carbons (Fsp3) is 1.00. The van der Waals surface area contributed by atoms with Gasteiger partial charge in [0.2, 0.25) is 0 Å². The highest BCUT2D eigenvalue weighted by atomic mass is 31.2. The third-order valence-corrected chi connectivity index (χ3v) is 13.5. The number of hydrogen-bond donors (Lipinski definition) is 1. The molecule has 332 valence electrons. The minimum absolute atomic E-state index is 0.0173. The molecule has 0 amide bonds. The monoisotopic (exact) mass is 803 g/mol.